The Morgan fingerprint density at radius 3 is 2.07 bits per heavy atom. The Hall–Kier alpha value is -3.14. The zero-order chi connectivity index (χ0) is 30.6. The molecule has 0 aromatic heterocycles. The van der Waals surface area contributed by atoms with Crippen LogP contribution in [0.3, 0.4) is 0 Å². The van der Waals surface area contributed by atoms with E-state index in [1.165, 1.54) is 48.4 Å². The molecule has 0 aliphatic carbocycles. The van der Waals surface area contributed by atoms with Gasteiger partial charge in [0.05, 0.1) is 46.5 Å². The number of hydrogen-bond acceptors (Lipinski definition) is 8. The molecule has 11 nitrogen and oxygen atoms in total. The summed E-state index contributed by atoms with van der Waals surface area (Å²) in [5, 5.41) is 11.1. The molecule has 42 heavy (non-hydrogen) atoms. The minimum Gasteiger partial charge on any atom is -0.494 e. The third-order valence-corrected chi connectivity index (χ3v) is 11.6. The van der Waals surface area contributed by atoms with Crippen molar-refractivity contribution >= 4 is 104 Å². The number of ether oxygens (including phenoxy) is 2. The van der Waals surface area contributed by atoms with Crippen LogP contribution in [0.1, 0.15) is 32.7 Å². The number of hydrogen-bond donors (Lipinski definition) is 0. The maximum Gasteiger partial charge on any atom is 0.316 e. The summed E-state index contributed by atoms with van der Waals surface area (Å²) >= 11 is 13.6. The molecule has 216 valence electrons. The summed E-state index contributed by atoms with van der Waals surface area (Å²) in [4.78, 5) is 65.4. The molecule has 1 saturated heterocycles. The zero-order valence-corrected chi connectivity index (χ0v) is 27.9. The molecule has 3 aromatic rings. The number of carbonyl (C=O) groups excluding carboxylic acids is 4. The summed E-state index contributed by atoms with van der Waals surface area (Å²) in [6.07, 6.45) is -0.125. The van der Waals surface area contributed by atoms with Crippen LogP contribution in [0.2, 0.25) is 0 Å². The summed E-state index contributed by atoms with van der Waals surface area (Å²) in [6.45, 7) is 1.67. The number of non-ortho nitro benzene ring substituents is 1. The SMILES string of the molecule is COc1cc([N+](=O)[O-])ccc1N1C[C@H](C(=O)Oc2ccc(N3C(=O)c4c(Br)c(Br)c(Br)c(Br)c4C3=O)c(C)c2)CC1=O. The van der Waals surface area contributed by atoms with Crippen LogP contribution in [0.4, 0.5) is 17.1 Å². The third kappa shape index (κ3) is 5.05. The molecule has 2 heterocycles. The Kier molecular flexibility index (Phi) is 8.31. The van der Waals surface area contributed by atoms with Gasteiger partial charge in [-0.1, -0.05) is 0 Å². The Bertz CT molecular complexity index is 1700. The number of benzene rings is 3. The van der Waals surface area contributed by atoms with Crippen molar-refractivity contribution in [2.24, 2.45) is 5.92 Å². The number of methoxy groups -OCH3 is 1. The van der Waals surface area contributed by atoms with E-state index in [-0.39, 0.29) is 47.2 Å². The number of esters is 1. The molecular formula is C27H17Br4N3O8. The highest BCUT2D eigenvalue weighted by Crippen LogP contribution is 2.46. The molecule has 5 rings (SSSR count). The van der Waals surface area contributed by atoms with E-state index in [1.54, 1.807) is 6.92 Å². The van der Waals surface area contributed by atoms with Crippen molar-refractivity contribution < 1.29 is 33.6 Å². The van der Waals surface area contributed by atoms with Crippen LogP contribution in [0.25, 0.3) is 0 Å². The Morgan fingerprint density at radius 1 is 0.929 bits per heavy atom. The monoisotopic (exact) mass is 827 g/mol. The number of halogens is 4. The molecule has 0 saturated carbocycles. The van der Waals surface area contributed by atoms with Gasteiger partial charge in [-0.3, -0.25) is 29.3 Å². The van der Waals surface area contributed by atoms with E-state index in [4.69, 9.17) is 9.47 Å². The molecule has 15 heteroatoms. The van der Waals surface area contributed by atoms with Crippen LogP contribution in [0, 0.1) is 23.0 Å². The first-order chi connectivity index (χ1) is 19.8. The number of imide groups is 1. The lowest BCUT2D eigenvalue weighted by atomic mass is 10.1. The van der Waals surface area contributed by atoms with Gasteiger partial charge in [0.2, 0.25) is 5.91 Å². The lowest BCUT2D eigenvalue weighted by Gasteiger charge is -2.19. The molecule has 3 amide bonds. The molecule has 2 aliphatic heterocycles. The fourth-order valence-corrected chi connectivity index (χ4v) is 7.27. The van der Waals surface area contributed by atoms with Crippen LogP contribution >= 0.6 is 63.7 Å². The summed E-state index contributed by atoms with van der Waals surface area (Å²) in [6, 6.07) is 8.37. The average Bonchev–Trinajstić information content (AvgIpc) is 3.47. The van der Waals surface area contributed by atoms with Gasteiger partial charge in [0.1, 0.15) is 11.5 Å². The molecule has 0 spiro atoms. The Morgan fingerprint density at radius 2 is 1.52 bits per heavy atom. The molecule has 0 N–H and O–H groups in total. The van der Waals surface area contributed by atoms with Crippen LogP contribution in [-0.4, -0.2) is 42.3 Å². The maximum atomic E-state index is 13.4. The molecule has 0 unspecified atom stereocenters. The van der Waals surface area contributed by atoms with E-state index in [9.17, 15) is 29.3 Å². The first-order valence-electron chi connectivity index (χ1n) is 12.1. The number of amides is 3. The van der Waals surface area contributed by atoms with Crippen molar-refractivity contribution in [2.75, 3.05) is 23.5 Å². The summed E-state index contributed by atoms with van der Waals surface area (Å²) in [5.41, 5.74) is 1.34. The molecule has 2 aliphatic rings. The van der Waals surface area contributed by atoms with Gasteiger partial charge in [-0.25, -0.2) is 4.90 Å². The lowest BCUT2D eigenvalue weighted by molar-refractivity contribution is -0.384. The quantitative estimate of drug-likeness (QED) is 0.0509. The van der Waals surface area contributed by atoms with Crippen molar-refractivity contribution in [1.29, 1.82) is 0 Å². The minimum atomic E-state index is -0.805. The van der Waals surface area contributed by atoms with Gasteiger partial charge in [0.15, 0.2) is 0 Å². The van der Waals surface area contributed by atoms with Gasteiger partial charge in [-0.05, 0) is 100 Å². The van der Waals surface area contributed by atoms with Gasteiger partial charge in [0.25, 0.3) is 17.5 Å². The van der Waals surface area contributed by atoms with E-state index < -0.39 is 28.6 Å². The third-order valence-electron chi connectivity index (χ3n) is 6.85. The number of fused-ring (bicyclic) bond motifs is 1. The number of anilines is 2. The number of nitro benzene ring substituents is 1. The minimum absolute atomic E-state index is 0.00712. The number of carbonyl (C=O) groups is 4. The van der Waals surface area contributed by atoms with Crippen molar-refractivity contribution in [3.63, 3.8) is 0 Å². The lowest BCUT2D eigenvalue weighted by Crippen LogP contribution is -2.30. The summed E-state index contributed by atoms with van der Waals surface area (Å²) in [5.74, 6) is -2.56. The number of nitro groups is 1. The van der Waals surface area contributed by atoms with E-state index >= 15 is 0 Å². The number of rotatable bonds is 6. The fourth-order valence-electron chi connectivity index (χ4n) is 4.81. The fraction of sp³-hybridized carbons (Fsp3) is 0.185. The molecule has 0 bridgehead atoms. The molecule has 0 radical (unpaired) electrons. The standard InChI is InChI=1S/C27H17Br4N3O8/c1-11-7-14(4-6-15(11)33-25(36)19-20(26(33)37)22(29)24(31)23(30)21(19)28)42-27(38)12-8-18(35)32(10-12)16-5-3-13(34(39)40)9-17(16)41-2/h3-7,9,12H,8,10H2,1-2H3/t12-/m1/s1. The largest absolute Gasteiger partial charge is 0.494 e. The highest BCUT2D eigenvalue weighted by Gasteiger charge is 2.43. The van der Waals surface area contributed by atoms with E-state index in [2.05, 4.69) is 63.7 Å². The highest BCUT2D eigenvalue weighted by atomic mass is 79.9. The number of nitrogens with zero attached hydrogens (tertiary/aromatic N) is 3. The predicted octanol–water partition coefficient (Wildman–Crippen LogP) is 6.72. The van der Waals surface area contributed by atoms with Crippen LogP contribution in [0.15, 0.2) is 54.3 Å². The summed E-state index contributed by atoms with van der Waals surface area (Å²) < 4.78 is 12.8. The van der Waals surface area contributed by atoms with E-state index in [0.29, 0.717) is 34.8 Å². The first kappa shape index (κ1) is 30.3. The van der Waals surface area contributed by atoms with Crippen molar-refractivity contribution in [3.05, 3.63) is 81.1 Å². The van der Waals surface area contributed by atoms with Gasteiger partial charge in [-0.2, -0.15) is 0 Å². The molecule has 3 aromatic carbocycles. The second-order valence-electron chi connectivity index (χ2n) is 9.34. The Balaban J connectivity index is 1.34. The second kappa shape index (κ2) is 11.5. The first-order valence-corrected chi connectivity index (χ1v) is 15.2. The topological polar surface area (TPSA) is 136 Å². The van der Waals surface area contributed by atoms with Gasteiger partial charge in [0, 0.05) is 36.9 Å². The average molecular weight is 831 g/mol. The maximum absolute atomic E-state index is 13.4. The van der Waals surface area contributed by atoms with Crippen molar-refractivity contribution in [1.82, 2.24) is 0 Å². The number of aryl methyl sites for hydroxylation is 1. The summed E-state index contributed by atoms with van der Waals surface area (Å²) in [7, 11) is 1.33. The second-order valence-corrected chi connectivity index (χ2v) is 12.5. The van der Waals surface area contributed by atoms with Gasteiger partial charge < -0.3 is 14.4 Å². The Labute approximate surface area is 271 Å². The smallest absolute Gasteiger partial charge is 0.316 e. The zero-order valence-electron chi connectivity index (χ0n) is 21.6. The molecule has 1 fully saturated rings. The predicted molar refractivity (Wildman–Crippen MR) is 165 cm³/mol. The van der Waals surface area contributed by atoms with Gasteiger partial charge >= 0.3 is 5.97 Å². The highest BCUT2D eigenvalue weighted by molar-refractivity contribution is 9.15. The van der Waals surface area contributed by atoms with Gasteiger partial charge in [-0.15, -0.1) is 0 Å². The van der Waals surface area contributed by atoms with E-state index in [1.807, 2.05) is 0 Å². The van der Waals surface area contributed by atoms with Crippen LogP contribution in [0.5, 0.6) is 11.5 Å². The normalized spacial score (nSPS) is 16.2. The van der Waals surface area contributed by atoms with Crippen LogP contribution in [-0.2, 0) is 9.59 Å². The molecular weight excluding hydrogens is 814 g/mol. The van der Waals surface area contributed by atoms with Crippen molar-refractivity contribution in [3.8, 4) is 11.5 Å². The van der Waals surface area contributed by atoms with Crippen LogP contribution < -0.4 is 19.3 Å². The molecule has 1 atom stereocenters. The van der Waals surface area contributed by atoms with E-state index in [0.717, 1.165) is 4.90 Å². The van der Waals surface area contributed by atoms with Crippen molar-refractivity contribution in [2.45, 2.75) is 13.3 Å².